The highest BCUT2D eigenvalue weighted by molar-refractivity contribution is 5.88. The molecule has 0 aromatic heterocycles. The maximum atomic E-state index is 10.1. The number of carbonyl (C=O) groups excluding carboxylic acids is 2. The number of aliphatic hydroxyl groups is 4. The van der Waals surface area contributed by atoms with Gasteiger partial charge < -0.3 is 25.2 Å². The van der Waals surface area contributed by atoms with E-state index >= 15 is 0 Å². The molecular weight excluding hydrogens is 160 g/mol. The predicted octanol–water partition coefficient (Wildman–Crippen LogP) is -3.32. The van der Waals surface area contributed by atoms with Crippen LogP contribution in [0.4, 0.5) is 0 Å². The van der Waals surface area contributed by atoms with Gasteiger partial charge in [-0.2, -0.15) is 0 Å². The number of aliphatic hydroxyl groups excluding tert-OH is 2. The SMILES string of the molecule is O=C(OC(=O)C(O)O)C(O)O. The Kier molecular flexibility index (Phi) is 3.61. The summed E-state index contributed by atoms with van der Waals surface area (Å²) in [6.07, 6.45) is -4.92. The fourth-order valence-electron chi connectivity index (χ4n) is 0.205. The molecule has 0 atom stereocenters. The van der Waals surface area contributed by atoms with E-state index < -0.39 is 24.5 Å². The Morgan fingerprint density at radius 2 is 1.18 bits per heavy atom. The molecule has 7 nitrogen and oxygen atoms in total. The van der Waals surface area contributed by atoms with Crippen molar-refractivity contribution in [3.63, 3.8) is 0 Å². The van der Waals surface area contributed by atoms with Crippen LogP contribution in [-0.2, 0) is 14.3 Å². The Morgan fingerprint density at radius 1 is 0.909 bits per heavy atom. The second-order valence-corrected chi connectivity index (χ2v) is 1.49. The maximum Gasteiger partial charge on any atom is 0.370 e. The minimum Gasteiger partial charge on any atom is -0.386 e. The molecule has 0 rings (SSSR count). The van der Waals surface area contributed by atoms with Gasteiger partial charge in [-0.05, 0) is 0 Å². The zero-order chi connectivity index (χ0) is 9.02. The highest BCUT2D eigenvalue weighted by Gasteiger charge is 2.21. The summed E-state index contributed by atoms with van der Waals surface area (Å²) in [5, 5.41) is 32.1. The topological polar surface area (TPSA) is 124 Å². The molecule has 64 valence electrons. The molecule has 0 aromatic rings. The second-order valence-electron chi connectivity index (χ2n) is 1.49. The minimum atomic E-state index is -2.46. The molecule has 0 fully saturated rings. The van der Waals surface area contributed by atoms with E-state index in [0.29, 0.717) is 0 Å². The lowest BCUT2D eigenvalue weighted by molar-refractivity contribution is -0.193. The van der Waals surface area contributed by atoms with Crippen molar-refractivity contribution in [1.29, 1.82) is 0 Å². The lowest BCUT2D eigenvalue weighted by Crippen LogP contribution is -2.30. The molecule has 0 unspecified atom stereocenters. The van der Waals surface area contributed by atoms with Gasteiger partial charge in [0.05, 0.1) is 0 Å². The van der Waals surface area contributed by atoms with Crippen LogP contribution in [-0.4, -0.2) is 44.9 Å². The number of ether oxygens (including phenoxy) is 1. The van der Waals surface area contributed by atoms with Crippen LogP contribution in [0.15, 0.2) is 0 Å². The van der Waals surface area contributed by atoms with Crippen LogP contribution in [0.1, 0.15) is 0 Å². The van der Waals surface area contributed by atoms with Crippen molar-refractivity contribution in [3.8, 4) is 0 Å². The molecule has 0 saturated carbocycles. The molecule has 0 aliphatic carbocycles. The van der Waals surface area contributed by atoms with Crippen molar-refractivity contribution in [1.82, 2.24) is 0 Å². The van der Waals surface area contributed by atoms with Crippen LogP contribution in [0.3, 0.4) is 0 Å². The summed E-state index contributed by atoms with van der Waals surface area (Å²) in [5.74, 6) is -3.33. The van der Waals surface area contributed by atoms with Crippen LogP contribution in [0.2, 0.25) is 0 Å². The van der Waals surface area contributed by atoms with E-state index in [4.69, 9.17) is 20.4 Å². The predicted molar refractivity (Wildman–Crippen MR) is 27.6 cm³/mol. The third-order valence-corrected chi connectivity index (χ3v) is 0.623. The molecule has 7 heteroatoms. The van der Waals surface area contributed by atoms with Crippen LogP contribution in [0.5, 0.6) is 0 Å². The third-order valence-electron chi connectivity index (χ3n) is 0.623. The van der Waals surface area contributed by atoms with Gasteiger partial charge in [0.25, 0.3) is 12.6 Å². The molecule has 4 N–H and O–H groups in total. The fraction of sp³-hybridized carbons (Fsp3) is 0.500. The molecule has 0 aromatic carbocycles. The summed E-state index contributed by atoms with van der Waals surface area (Å²) in [7, 11) is 0. The minimum absolute atomic E-state index is 1.66. The molecular formula is C4H6O7. The first-order chi connectivity index (χ1) is 4.95. The standard InChI is InChI=1S/C4H6O7/c5-1(6)3(9)11-4(10)2(7)8/h1-2,5-8H. The number of carbonyl (C=O) groups is 2. The zero-order valence-corrected chi connectivity index (χ0v) is 5.17. The zero-order valence-electron chi connectivity index (χ0n) is 5.17. The quantitative estimate of drug-likeness (QED) is 0.192. The first-order valence-corrected chi connectivity index (χ1v) is 2.43. The van der Waals surface area contributed by atoms with Crippen LogP contribution >= 0.6 is 0 Å². The van der Waals surface area contributed by atoms with Gasteiger partial charge in [0, 0.05) is 0 Å². The molecule has 0 bridgehead atoms. The molecule has 0 aliphatic heterocycles. The summed E-state index contributed by atoms with van der Waals surface area (Å²) in [6, 6.07) is 0. The lowest BCUT2D eigenvalue weighted by Gasteiger charge is -2.03. The Labute approximate surface area is 60.4 Å². The van der Waals surface area contributed by atoms with Gasteiger partial charge >= 0.3 is 11.9 Å². The summed E-state index contributed by atoms with van der Waals surface area (Å²) < 4.78 is 3.50. The highest BCUT2D eigenvalue weighted by Crippen LogP contribution is 1.88. The fourth-order valence-corrected chi connectivity index (χ4v) is 0.205. The van der Waals surface area contributed by atoms with Crippen molar-refractivity contribution in [2.45, 2.75) is 12.6 Å². The Morgan fingerprint density at radius 3 is 1.36 bits per heavy atom. The van der Waals surface area contributed by atoms with E-state index in [0.717, 1.165) is 0 Å². The Balaban J connectivity index is 3.86. The summed E-state index contributed by atoms with van der Waals surface area (Å²) in [4.78, 5) is 20.2. The van der Waals surface area contributed by atoms with E-state index in [1.165, 1.54) is 0 Å². The average molecular weight is 166 g/mol. The molecule has 0 amide bonds. The van der Waals surface area contributed by atoms with E-state index in [2.05, 4.69) is 4.74 Å². The number of hydrogen-bond donors (Lipinski definition) is 4. The normalized spacial score (nSPS) is 10.4. The van der Waals surface area contributed by atoms with E-state index in [1.807, 2.05) is 0 Å². The van der Waals surface area contributed by atoms with E-state index in [-0.39, 0.29) is 0 Å². The molecule has 0 radical (unpaired) electrons. The van der Waals surface area contributed by atoms with Gasteiger partial charge in [0.15, 0.2) is 0 Å². The average Bonchev–Trinajstić information content (AvgIpc) is 1.87. The summed E-state index contributed by atoms with van der Waals surface area (Å²) >= 11 is 0. The van der Waals surface area contributed by atoms with E-state index in [9.17, 15) is 9.59 Å². The molecule has 0 saturated heterocycles. The third kappa shape index (κ3) is 3.63. The summed E-state index contributed by atoms with van der Waals surface area (Å²) in [6.45, 7) is 0. The molecule has 11 heavy (non-hydrogen) atoms. The maximum absolute atomic E-state index is 10.1. The van der Waals surface area contributed by atoms with Gasteiger partial charge in [-0.15, -0.1) is 0 Å². The van der Waals surface area contributed by atoms with Crippen molar-refractivity contribution < 1.29 is 34.8 Å². The first-order valence-electron chi connectivity index (χ1n) is 2.43. The van der Waals surface area contributed by atoms with Gasteiger partial charge in [0.2, 0.25) is 0 Å². The monoisotopic (exact) mass is 166 g/mol. The van der Waals surface area contributed by atoms with Crippen LogP contribution in [0.25, 0.3) is 0 Å². The molecule has 0 aliphatic rings. The van der Waals surface area contributed by atoms with E-state index in [1.54, 1.807) is 0 Å². The van der Waals surface area contributed by atoms with Gasteiger partial charge in [-0.25, -0.2) is 9.59 Å². The summed E-state index contributed by atoms with van der Waals surface area (Å²) in [5.41, 5.74) is 0. The van der Waals surface area contributed by atoms with Gasteiger partial charge in [-0.1, -0.05) is 0 Å². The number of rotatable bonds is 2. The number of hydrogen-bond acceptors (Lipinski definition) is 7. The van der Waals surface area contributed by atoms with Gasteiger partial charge in [0.1, 0.15) is 0 Å². The smallest absolute Gasteiger partial charge is 0.370 e. The molecule has 0 heterocycles. The van der Waals surface area contributed by atoms with Crippen molar-refractivity contribution in [2.24, 2.45) is 0 Å². The van der Waals surface area contributed by atoms with Crippen LogP contribution < -0.4 is 0 Å². The first kappa shape index (κ1) is 9.98. The van der Waals surface area contributed by atoms with Crippen molar-refractivity contribution >= 4 is 11.9 Å². The Bertz CT molecular complexity index is 142. The second kappa shape index (κ2) is 3.98. The highest BCUT2D eigenvalue weighted by atomic mass is 16.6. The van der Waals surface area contributed by atoms with Crippen molar-refractivity contribution in [2.75, 3.05) is 0 Å². The van der Waals surface area contributed by atoms with Gasteiger partial charge in [-0.3, -0.25) is 0 Å². The largest absolute Gasteiger partial charge is 0.386 e. The lowest BCUT2D eigenvalue weighted by atomic mass is 10.6. The Hall–Kier alpha value is -1.02. The van der Waals surface area contributed by atoms with Crippen LogP contribution in [0, 0.1) is 0 Å². The number of esters is 2. The molecule has 0 spiro atoms. The van der Waals surface area contributed by atoms with Crippen molar-refractivity contribution in [3.05, 3.63) is 0 Å².